The van der Waals surface area contributed by atoms with Crippen molar-refractivity contribution in [3.8, 4) is 0 Å². The fourth-order valence-corrected chi connectivity index (χ4v) is 3.23. The van der Waals surface area contributed by atoms with Gasteiger partial charge >= 0.3 is 0 Å². The topological polar surface area (TPSA) is 15.3 Å². The molecule has 1 aliphatic carbocycles. The lowest BCUT2D eigenvalue weighted by atomic mass is 10.1. The fraction of sp³-hybridized carbons (Fsp3) is 1.00. The molecule has 1 saturated heterocycles. The van der Waals surface area contributed by atoms with Gasteiger partial charge in [-0.25, -0.2) is 0 Å². The van der Waals surface area contributed by atoms with Crippen LogP contribution in [0, 0.1) is 0 Å². The molecule has 1 saturated carbocycles. The van der Waals surface area contributed by atoms with E-state index >= 15 is 0 Å². The molecule has 0 spiro atoms. The van der Waals surface area contributed by atoms with Crippen molar-refractivity contribution in [1.29, 1.82) is 0 Å². The Morgan fingerprint density at radius 2 is 1.50 bits per heavy atom. The first kappa shape index (κ1) is 12.4. The second-order valence-corrected chi connectivity index (χ2v) is 5.91. The lowest BCUT2D eigenvalue weighted by Crippen LogP contribution is -2.38. The summed E-state index contributed by atoms with van der Waals surface area (Å²) in [7, 11) is 0. The molecule has 2 rings (SSSR count). The summed E-state index contributed by atoms with van der Waals surface area (Å²) >= 11 is 0. The minimum Gasteiger partial charge on any atom is -0.311 e. The van der Waals surface area contributed by atoms with Crippen LogP contribution in [0.15, 0.2) is 0 Å². The first-order valence-corrected chi connectivity index (χ1v) is 7.26. The third kappa shape index (κ3) is 3.46. The van der Waals surface area contributed by atoms with Crippen molar-refractivity contribution in [1.82, 2.24) is 10.2 Å². The van der Waals surface area contributed by atoms with Crippen LogP contribution in [0.1, 0.15) is 58.8 Å². The van der Waals surface area contributed by atoms with Crippen LogP contribution in [-0.2, 0) is 0 Å². The average Bonchev–Trinajstić information content (AvgIpc) is 2.63. The van der Waals surface area contributed by atoms with Gasteiger partial charge in [-0.2, -0.15) is 0 Å². The van der Waals surface area contributed by atoms with Gasteiger partial charge in [0, 0.05) is 18.1 Å². The van der Waals surface area contributed by atoms with Crippen molar-refractivity contribution >= 4 is 0 Å². The summed E-state index contributed by atoms with van der Waals surface area (Å²) in [6.45, 7) is 7.25. The van der Waals surface area contributed by atoms with Gasteiger partial charge in [-0.15, -0.1) is 0 Å². The highest BCUT2D eigenvalue weighted by molar-refractivity contribution is 4.82. The van der Waals surface area contributed by atoms with E-state index in [1.807, 2.05) is 0 Å². The molecule has 16 heavy (non-hydrogen) atoms. The van der Waals surface area contributed by atoms with E-state index < -0.39 is 0 Å². The molecule has 1 aliphatic heterocycles. The Balaban J connectivity index is 1.74. The van der Waals surface area contributed by atoms with Gasteiger partial charge in [0.15, 0.2) is 0 Å². The largest absolute Gasteiger partial charge is 0.311 e. The predicted molar refractivity (Wildman–Crippen MR) is 69.7 cm³/mol. The molecule has 0 radical (unpaired) electrons. The van der Waals surface area contributed by atoms with Crippen LogP contribution in [0.3, 0.4) is 0 Å². The molecule has 1 N–H and O–H groups in total. The first-order valence-electron chi connectivity index (χ1n) is 7.26. The molecule has 2 heteroatoms. The normalized spacial score (nSPS) is 29.8. The summed E-state index contributed by atoms with van der Waals surface area (Å²) in [5.74, 6) is 0. The van der Waals surface area contributed by atoms with Gasteiger partial charge in [0.2, 0.25) is 0 Å². The average molecular weight is 224 g/mol. The van der Waals surface area contributed by atoms with Crippen molar-refractivity contribution in [3.63, 3.8) is 0 Å². The molecule has 2 aliphatic rings. The molecule has 1 heterocycles. The minimum absolute atomic E-state index is 0.727. The third-order valence-electron chi connectivity index (χ3n) is 4.32. The summed E-state index contributed by atoms with van der Waals surface area (Å²) in [5, 5.41) is 3.89. The molecule has 2 fully saturated rings. The zero-order chi connectivity index (χ0) is 11.4. The Hall–Kier alpha value is -0.0800. The highest BCUT2D eigenvalue weighted by Crippen LogP contribution is 2.21. The van der Waals surface area contributed by atoms with E-state index in [2.05, 4.69) is 24.1 Å². The molecule has 0 aromatic rings. The highest BCUT2D eigenvalue weighted by atomic mass is 15.1. The maximum absolute atomic E-state index is 3.89. The molecule has 0 aromatic carbocycles. The van der Waals surface area contributed by atoms with E-state index in [-0.39, 0.29) is 0 Å². The molecule has 0 bridgehead atoms. The lowest BCUT2D eigenvalue weighted by molar-refractivity contribution is 0.228. The van der Waals surface area contributed by atoms with Crippen LogP contribution in [0.2, 0.25) is 0 Å². The van der Waals surface area contributed by atoms with Crippen molar-refractivity contribution in [2.75, 3.05) is 13.1 Å². The van der Waals surface area contributed by atoms with E-state index in [4.69, 9.17) is 0 Å². The zero-order valence-corrected chi connectivity index (χ0v) is 11.0. The summed E-state index contributed by atoms with van der Waals surface area (Å²) in [5.41, 5.74) is 0. The summed E-state index contributed by atoms with van der Waals surface area (Å²) < 4.78 is 0. The van der Waals surface area contributed by atoms with E-state index in [1.54, 1.807) is 0 Å². The molecule has 94 valence electrons. The van der Waals surface area contributed by atoms with Gasteiger partial charge in [-0.05, 0) is 59.0 Å². The summed E-state index contributed by atoms with van der Waals surface area (Å²) in [6, 6.07) is 2.37. The maximum atomic E-state index is 3.89. The molecule has 0 amide bonds. The predicted octanol–water partition coefficient (Wildman–Crippen LogP) is 2.78. The van der Waals surface area contributed by atoms with Crippen LogP contribution in [0.5, 0.6) is 0 Å². The summed E-state index contributed by atoms with van der Waals surface area (Å²) in [6.07, 6.45) is 9.86. The first-order chi connectivity index (χ1) is 7.75. The van der Waals surface area contributed by atoms with Crippen molar-refractivity contribution in [2.45, 2.75) is 76.9 Å². The van der Waals surface area contributed by atoms with Crippen LogP contribution in [-0.4, -0.2) is 36.1 Å². The van der Waals surface area contributed by atoms with Crippen LogP contribution in [0.25, 0.3) is 0 Å². The van der Waals surface area contributed by atoms with Crippen LogP contribution >= 0.6 is 0 Å². The fourth-order valence-electron chi connectivity index (χ4n) is 3.23. The van der Waals surface area contributed by atoms with Gasteiger partial charge in [-0.3, -0.25) is 0 Å². The SMILES string of the molecule is CC(C)N1CCCC(NC2CCCC2)CC1. The van der Waals surface area contributed by atoms with Gasteiger partial charge < -0.3 is 10.2 Å². The molecule has 2 nitrogen and oxygen atoms in total. The Bertz CT molecular complexity index is 197. The quantitative estimate of drug-likeness (QED) is 0.793. The van der Waals surface area contributed by atoms with Crippen LogP contribution in [0.4, 0.5) is 0 Å². The monoisotopic (exact) mass is 224 g/mol. The number of nitrogens with zero attached hydrogens (tertiary/aromatic N) is 1. The maximum Gasteiger partial charge on any atom is 0.00823 e. The van der Waals surface area contributed by atoms with E-state index in [0.29, 0.717) is 0 Å². The molecule has 1 atom stereocenters. The van der Waals surface area contributed by atoms with E-state index in [1.165, 1.54) is 58.0 Å². The standard InChI is InChI=1S/C14H28N2/c1-12(2)16-10-5-8-14(9-11-16)15-13-6-3-4-7-13/h12-15H,3-11H2,1-2H3. The Kier molecular flexibility index (Phi) is 4.66. The van der Waals surface area contributed by atoms with Crippen molar-refractivity contribution < 1.29 is 0 Å². The minimum atomic E-state index is 0.727. The van der Waals surface area contributed by atoms with Gasteiger partial charge in [0.1, 0.15) is 0 Å². The Labute approximate surface area is 101 Å². The second-order valence-electron chi connectivity index (χ2n) is 5.91. The molecule has 1 unspecified atom stereocenters. The number of likely N-dealkylation sites (tertiary alicyclic amines) is 1. The number of rotatable bonds is 3. The second kappa shape index (κ2) is 6.02. The molecular formula is C14H28N2. The lowest BCUT2D eigenvalue weighted by Gasteiger charge is -2.25. The number of hydrogen-bond donors (Lipinski definition) is 1. The Morgan fingerprint density at radius 1 is 0.875 bits per heavy atom. The van der Waals surface area contributed by atoms with E-state index in [0.717, 1.165) is 18.1 Å². The third-order valence-corrected chi connectivity index (χ3v) is 4.32. The molecule has 0 aromatic heterocycles. The number of hydrogen-bond acceptors (Lipinski definition) is 2. The van der Waals surface area contributed by atoms with Crippen LogP contribution < -0.4 is 5.32 Å². The van der Waals surface area contributed by atoms with E-state index in [9.17, 15) is 0 Å². The van der Waals surface area contributed by atoms with Gasteiger partial charge in [0.25, 0.3) is 0 Å². The molecular weight excluding hydrogens is 196 g/mol. The van der Waals surface area contributed by atoms with Crippen molar-refractivity contribution in [2.24, 2.45) is 0 Å². The number of nitrogens with one attached hydrogen (secondary N) is 1. The van der Waals surface area contributed by atoms with Crippen molar-refractivity contribution in [3.05, 3.63) is 0 Å². The Morgan fingerprint density at radius 3 is 2.19 bits per heavy atom. The van der Waals surface area contributed by atoms with Gasteiger partial charge in [-0.1, -0.05) is 12.8 Å². The highest BCUT2D eigenvalue weighted by Gasteiger charge is 2.22. The smallest absolute Gasteiger partial charge is 0.00823 e. The zero-order valence-electron chi connectivity index (χ0n) is 11.0. The summed E-state index contributed by atoms with van der Waals surface area (Å²) in [4.78, 5) is 2.64. The van der Waals surface area contributed by atoms with Gasteiger partial charge in [0.05, 0.1) is 0 Å².